The fourth-order valence-electron chi connectivity index (χ4n) is 2.83. The van der Waals surface area contributed by atoms with Crippen LogP contribution in [0.5, 0.6) is 5.75 Å². The van der Waals surface area contributed by atoms with Crippen LogP contribution < -0.4 is 15.5 Å². The van der Waals surface area contributed by atoms with Gasteiger partial charge in [0.25, 0.3) is 0 Å². The van der Waals surface area contributed by atoms with E-state index in [1.807, 2.05) is 6.92 Å². The Bertz CT molecular complexity index is 604. The lowest BCUT2D eigenvalue weighted by Gasteiger charge is -2.33. The Morgan fingerprint density at radius 3 is 2.62 bits per heavy atom. The SMILES string of the molecule is CC(CNO)C[C@H]1C(=O)N[C@H](C(=O)Oc2ccccc2)C(=O)C1C. The number of ketones is 1. The van der Waals surface area contributed by atoms with Gasteiger partial charge in [-0.25, -0.2) is 10.3 Å². The lowest BCUT2D eigenvalue weighted by atomic mass is 9.78. The number of hydroxylamine groups is 1. The van der Waals surface area contributed by atoms with Gasteiger partial charge in [-0.1, -0.05) is 32.0 Å². The molecule has 2 unspecified atom stereocenters. The van der Waals surface area contributed by atoms with Crippen LogP contribution in [0.2, 0.25) is 0 Å². The van der Waals surface area contributed by atoms with E-state index < -0.39 is 23.8 Å². The molecule has 4 atom stereocenters. The molecule has 0 bridgehead atoms. The average Bonchev–Trinajstić information content (AvgIpc) is 2.56. The second-order valence-electron chi connectivity index (χ2n) is 6.18. The summed E-state index contributed by atoms with van der Waals surface area (Å²) < 4.78 is 5.16. The fraction of sp³-hybridized carbons (Fsp3) is 0.471. The van der Waals surface area contributed by atoms with Gasteiger partial charge in [-0.2, -0.15) is 0 Å². The first-order valence-corrected chi connectivity index (χ1v) is 7.91. The van der Waals surface area contributed by atoms with Crippen molar-refractivity contribution in [1.29, 1.82) is 0 Å². The Hall–Kier alpha value is -2.25. The Balaban J connectivity index is 2.04. The Kier molecular flexibility index (Phi) is 6.05. The van der Waals surface area contributed by atoms with Crippen molar-refractivity contribution in [2.24, 2.45) is 17.8 Å². The average molecular weight is 334 g/mol. The number of ether oxygens (including phenoxy) is 1. The number of hydrogen-bond donors (Lipinski definition) is 3. The fourth-order valence-corrected chi connectivity index (χ4v) is 2.83. The predicted octanol–water partition coefficient (Wildman–Crippen LogP) is 0.917. The number of carbonyl (C=O) groups excluding carboxylic acids is 3. The second kappa shape index (κ2) is 8.03. The maximum atomic E-state index is 12.5. The minimum atomic E-state index is -1.28. The molecular formula is C17H22N2O5. The van der Waals surface area contributed by atoms with Gasteiger partial charge in [-0.15, -0.1) is 0 Å². The van der Waals surface area contributed by atoms with E-state index in [2.05, 4.69) is 10.8 Å². The number of benzene rings is 1. The highest BCUT2D eigenvalue weighted by molar-refractivity contribution is 6.11. The summed E-state index contributed by atoms with van der Waals surface area (Å²) in [4.78, 5) is 37.0. The molecule has 7 nitrogen and oxygen atoms in total. The van der Waals surface area contributed by atoms with Gasteiger partial charge in [0.15, 0.2) is 11.8 Å². The summed E-state index contributed by atoms with van der Waals surface area (Å²) >= 11 is 0. The molecule has 0 spiro atoms. The second-order valence-corrected chi connectivity index (χ2v) is 6.18. The molecule has 1 aliphatic heterocycles. The van der Waals surface area contributed by atoms with Crippen molar-refractivity contribution in [2.45, 2.75) is 26.3 Å². The highest BCUT2D eigenvalue weighted by atomic mass is 16.5. The Morgan fingerprint density at radius 2 is 2.00 bits per heavy atom. The maximum Gasteiger partial charge on any atom is 0.341 e. The summed E-state index contributed by atoms with van der Waals surface area (Å²) in [6.45, 7) is 3.83. The van der Waals surface area contributed by atoms with E-state index in [0.717, 1.165) is 0 Å². The van der Waals surface area contributed by atoms with Crippen LogP contribution in [-0.2, 0) is 14.4 Å². The van der Waals surface area contributed by atoms with Gasteiger partial charge < -0.3 is 15.3 Å². The number of piperidine rings is 1. The molecule has 0 radical (unpaired) electrons. The monoisotopic (exact) mass is 334 g/mol. The first kappa shape index (κ1) is 18.1. The van der Waals surface area contributed by atoms with Crippen LogP contribution in [-0.4, -0.2) is 35.5 Å². The molecule has 7 heteroatoms. The van der Waals surface area contributed by atoms with Crippen molar-refractivity contribution in [1.82, 2.24) is 10.8 Å². The highest BCUT2D eigenvalue weighted by Crippen LogP contribution is 2.27. The number of rotatable bonds is 6. The van der Waals surface area contributed by atoms with E-state index in [4.69, 9.17) is 9.94 Å². The zero-order valence-electron chi connectivity index (χ0n) is 13.7. The van der Waals surface area contributed by atoms with Crippen LogP contribution in [0.1, 0.15) is 20.3 Å². The van der Waals surface area contributed by atoms with Gasteiger partial charge in [0, 0.05) is 18.4 Å². The maximum absolute atomic E-state index is 12.5. The van der Waals surface area contributed by atoms with Crippen molar-refractivity contribution >= 4 is 17.7 Å². The van der Waals surface area contributed by atoms with Crippen LogP contribution in [0, 0.1) is 17.8 Å². The van der Waals surface area contributed by atoms with Crippen molar-refractivity contribution in [3.8, 4) is 5.75 Å². The molecule has 0 aromatic heterocycles. The summed E-state index contributed by atoms with van der Waals surface area (Å²) in [5.74, 6) is -2.27. The Morgan fingerprint density at radius 1 is 1.33 bits per heavy atom. The third-order valence-electron chi connectivity index (χ3n) is 4.25. The summed E-state index contributed by atoms with van der Waals surface area (Å²) in [6, 6.07) is 7.11. The van der Waals surface area contributed by atoms with Gasteiger partial charge in [-0.05, 0) is 24.5 Å². The van der Waals surface area contributed by atoms with Crippen molar-refractivity contribution < 1.29 is 24.3 Å². The van der Waals surface area contributed by atoms with Gasteiger partial charge in [-0.3, -0.25) is 9.59 Å². The van der Waals surface area contributed by atoms with Gasteiger partial charge >= 0.3 is 5.97 Å². The van der Waals surface area contributed by atoms with E-state index in [-0.39, 0.29) is 17.6 Å². The number of Topliss-reactive ketones (excluding diaryl/α,β-unsaturated/α-hetero) is 1. The normalized spacial score (nSPS) is 25.0. The molecule has 3 N–H and O–H groups in total. The van der Waals surface area contributed by atoms with E-state index in [1.165, 1.54) is 0 Å². The van der Waals surface area contributed by atoms with Gasteiger partial charge in [0.05, 0.1) is 0 Å². The number of amides is 1. The first-order chi connectivity index (χ1) is 11.4. The summed E-state index contributed by atoms with van der Waals surface area (Å²) in [6.07, 6.45) is 0.437. The molecule has 1 aromatic carbocycles. The van der Waals surface area contributed by atoms with Crippen molar-refractivity contribution in [2.75, 3.05) is 6.54 Å². The van der Waals surface area contributed by atoms with Crippen molar-refractivity contribution in [3.63, 3.8) is 0 Å². The summed E-state index contributed by atoms with van der Waals surface area (Å²) in [5.41, 5.74) is 2.06. The molecule has 24 heavy (non-hydrogen) atoms. The minimum absolute atomic E-state index is 0.00817. The lowest BCUT2D eigenvalue weighted by Crippen LogP contribution is -2.59. The quantitative estimate of drug-likeness (QED) is 0.309. The van der Waals surface area contributed by atoms with Crippen LogP contribution in [0.25, 0.3) is 0 Å². The van der Waals surface area contributed by atoms with Crippen molar-refractivity contribution in [3.05, 3.63) is 30.3 Å². The highest BCUT2D eigenvalue weighted by Gasteiger charge is 2.44. The predicted molar refractivity (Wildman–Crippen MR) is 85.2 cm³/mol. The van der Waals surface area contributed by atoms with Crippen LogP contribution in [0.3, 0.4) is 0 Å². The molecule has 1 aromatic rings. The topological polar surface area (TPSA) is 105 Å². The van der Waals surface area contributed by atoms with E-state index >= 15 is 0 Å². The number of esters is 1. The van der Waals surface area contributed by atoms with E-state index in [1.54, 1.807) is 37.3 Å². The standard InChI is InChI=1S/C17H22N2O5/c1-10(9-18-23)8-13-11(2)15(20)14(19-16(13)21)17(22)24-12-6-4-3-5-7-12/h3-7,10-11,13-14,18,23H,8-9H2,1-2H3,(H,19,21)/t10?,11?,13-,14+/m1/s1. The number of carbonyl (C=O) groups is 3. The number of para-hydroxylation sites is 1. The zero-order chi connectivity index (χ0) is 17.7. The molecule has 0 aliphatic carbocycles. The third kappa shape index (κ3) is 4.18. The Labute approximate surface area is 140 Å². The smallest absolute Gasteiger partial charge is 0.341 e. The van der Waals surface area contributed by atoms with E-state index in [0.29, 0.717) is 18.7 Å². The molecule has 1 amide bonds. The lowest BCUT2D eigenvalue weighted by molar-refractivity contribution is -0.151. The molecule has 1 aliphatic rings. The molecule has 1 heterocycles. The molecule has 1 fully saturated rings. The summed E-state index contributed by atoms with van der Waals surface area (Å²) in [7, 11) is 0. The molecule has 2 rings (SSSR count). The van der Waals surface area contributed by atoms with Crippen LogP contribution >= 0.6 is 0 Å². The van der Waals surface area contributed by atoms with Crippen LogP contribution in [0.15, 0.2) is 30.3 Å². The van der Waals surface area contributed by atoms with E-state index in [9.17, 15) is 14.4 Å². The minimum Gasteiger partial charge on any atom is -0.425 e. The van der Waals surface area contributed by atoms with Gasteiger partial charge in [0.2, 0.25) is 5.91 Å². The molecule has 0 saturated carbocycles. The molecule has 130 valence electrons. The first-order valence-electron chi connectivity index (χ1n) is 7.91. The third-order valence-corrected chi connectivity index (χ3v) is 4.25. The summed E-state index contributed by atoms with van der Waals surface area (Å²) in [5, 5.41) is 11.2. The number of hydrogen-bond acceptors (Lipinski definition) is 6. The largest absolute Gasteiger partial charge is 0.425 e. The van der Waals surface area contributed by atoms with Gasteiger partial charge in [0.1, 0.15) is 5.75 Å². The number of nitrogens with one attached hydrogen (secondary N) is 2. The molecule has 1 saturated heterocycles. The molecular weight excluding hydrogens is 312 g/mol. The zero-order valence-corrected chi connectivity index (χ0v) is 13.7. The van der Waals surface area contributed by atoms with Crippen LogP contribution in [0.4, 0.5) is 0 Å².